The molecule has 1 aromatic heterocycles. The van der Waals surface area contributed by atoms with Crippen LogP contribution in [0.5, 0.6) is 0 Å². The Morgan fingerprint density at radius 1 is 1.28 bits per heavy atom. The second kappa shape index (κ2) is 5.80. The molecule has 4 heteroatoms. The summed E-state index contributed by atoms with van der Waals surface area (Å²) in [7, 11) is 4.13. The number of rotatable bonds is 5. The van der Waals surface area contributed by atoms with Crippen molar-refractivity contribution in [2.24, 2.45) is 5.73 Å². The van der Waals surface area contributed by atoms with E-state index in [1.165, 1.54) is 0 Å². The topological polar surface area (TPSA) is 47.1 Å². The highest BCUT2D eigenvalue weighted by Crippen LogP contribution is 2.18. The summed E-state index contributed by atoms with van der Waals surface area (Å²) in [5.74, 6) is 0. The van der Waals surface area contributed by atoms with Gasteiger partial charge in [-0.25, -0.2) is 4.98 Å². The van der Waals surface area contributed by atoms with Crippen molar-refractivity contribution in [2.75, 3.05) is 20.6 Å². The van der Waals surface area contributed by atoms with Crippen LogP contribution in [0.1, 0.15) is 17.3 Å². The van der Waals surface area contributed by atoms with Gasteiger partial charge < -0.3 is 15.2 Å². The van der Waals surface area contributed by atoms with Gasteiger partial charge in [-0.2, -0.15) is 0 Å². The van der Waals surface area contributed by atoms with Crippen LogP contribution in [0.3, 0.4) is 0 Å². The lowest BCUT2D eigenvalue weighted by Crippen LogP contribution is -2.22. The minimum absolute atomic E-state index is 0.115. The Hall–Kier alpha value is -1.65. The minimum Gasteiger partial charge on any atom is -0.332 e. The molecular weight excluding hydrogens is 224 g/mol. The van der Waals surface area contributed by atoms with Crippen molar-refractivity contribution < 1.29 is 0 Å². The highest BCUT2D eigenvalue weighted by atomic mass is 15.1. The SMILES string of the molecule is CN(C)CCn1cncc1C(N)c1ccccc1. The molecule has 1 unspecified atom stereocenters. The molecule has 4 nitrogen and oxygen atoms in total. The van der Waals surface area contributed by atoms with Crippen LogP contribution < -0.4 is 5.73 Å². The monoisotopic (exact) mass is 244 g/mol. The number of nitrogens with zero attached hydrogens (tertiary/aromatic N) is 3. The summed E-state index contributed by atoms with van der Waals surface area (Å²) < 4.78 is 2.12. The molecule has 0 spiro atoms. The molecule has 2 N–H and O–H groups in total. The molecule has 0 radical (unpaired) electrons. The summed E-state index contributed by atoms with van der Waals surface area (Å²) >= 11 is 0. The van der Waals surface area contributed by atoms with Crippen molar-refractivity contribution in [1.82, 2.24) is 14.5 Å². The van der Waals surface area contributed by atoms with E-state index in [-0.39, 0.29) is 6.04 Å². The van der Waals surface area contributed by atoms with E-state index >= 15 is 0 Å². The molecule has 0 aliphatic carbocycles. The Labute approximate surface area is 108 Å². The number of nitrogens with two attached hydrogens (primary N) is 1. The maximum atomic E-state index is 6.29. The van der Waals surface area contributed by atoms with E-state index in [0.29, 0.717) is 0 Å². The van der Waals surface area contributed by atoms with E-state index in [1.807, 2.05) is 42.9 Å². The van der Waals surface area contributed by atoms with Gasteiger partial charge >= 0.3 is 0 Å². The standard InChI is InChI=1S/C14H20N4/c1-17(2)8-9-18-11-16-10-13(18)14(15)12-6-4-3-5-7-12/h3-7,10-11,14H,8-9,15H2,1-2H3. The molecule has 1 atom stereocenters. The van der Waals surface area contributed by atoms with Crippen LogP contribution in [0.25, 0.3) is 0 Å². The lowest BCUT2D eigenvalue weighted by atomic mass is 10.1. The van der Waals surface area contributed by atoms with Gasteiger partial charge in [-0.15, -0.1) is 0 Å². The fourth-order valence-corrected chi connectivity index (χ4v) is 1.92. The molecule has 2 aromatic rings. The smallest absolute Gasteiger partial charge is 0.0949 e. The van der Waals surface area contributed by atoms with Crippen LogP contribution in [0, 0.1) is 0 Å². The molecule has 0 saturated heterocycles. The minimum atomic E-state index is -0.115. The molecule has 0 bridgehead atoms. The first kappa shape index (κ1) is 12.8. The Kier molecular flexibility index (Phi) is 4.12. The summed E-state index contributed by atoms with van der Waals surface area (Å²) in [6, 6.07) is 10.0. The predicted octanol–water partition coefficient (Wildman–Crippen LogP) is 1.49. The molecule has 1 heterocycles. The normalized spacial score (nSPS) is 12.9. The summed E-state index contributed by atoms with van der Waals surface area (Å²) in [5.41, 5.74) is 8.47. The van der Waals surface area contributed by atoms with Gasteiger partial charge in [0.15, 0.2) is 0 Å². The zero-order valence-corrected chi connectivity index (χ0v) is 11.0. The van der Waals surface area contributed by atoms with E-state index in [0.717, 1.165) is 24.3 Å². The molecular formula is C14H20N4. The van der Waals surface area contributed by atoms with Crippen molar-refractivity contribution in [3.05, 3.63) is 54.1 Å². The average Bonchev–Trinajstić information content (AvgIpc) is 2.85. The van der Waals surface area contributed by atoms with E-state index < -0.39 is 0 Å². The van der Waals surface area contributed by atoms with Crippen molar-refractivity contribution in [1.29, 1.82) is 0 Å². The lowest BCUT2D eigenvalue weighted by molar-refractivity contribution is 0.380. The Balaban J connectivity index is 2.16. The summed E-state index contributed by atoms with van der Waals surface area (Å²) in [6.45, 7) is 1.88. The van der Waals surface area contributed by atoms with E-state index in [9.17, 15) is 0 Å². The zero-order valence-electron chi connectivity index (χ0n) is 11.0. The first-order valence-electron chi connectivity index (χ1n) is 6.14. The number of imidazole rings is 1. The Morgan fingerprint density at radius 3 is 2.67 bits per heavy atom. The second-order valence-electron chi connectivity index (χ2n) is 4.70. The predicted molar refractivity (Wildman–Crippen MR) is 73.3 cm³/mol. The van der Waals surface area contributed by atoms with Gasteiger partial charge in [0.25, 0.3) is 0 Å². The zero-order chi connectivity index (χ0) is 13.0. The van der Waals surface area contributed by atoms with Gasteiger partial charge in [-0.05, 0) is 19.7 Å². The van der Waals surface area contributed by atoms with Crippen LogP contribution in [-0.4, -0.2) is 35.1 Å². The van der Waals surface area contributed by atoms with E-state index in [4.69, 9.17) is 5.73 Å². The maximum absolute atomic E-state index is 6.29. The Bertz CT molecular complexity index is 476. The Morgan fingerprint density at radius 2 is 2.00 bits per heavy atom. The molecule has 0 fully saturated rings. The van der Waals surface area contributed by atoms with Crippen molar-refractivity contribution in [3.8, 4) is 0 Å². The van der Waals surface area contributed by atoms with Crippen LogP contribution >= 0.6 is 0 Å². The number of hydrogen-bond acceptors (Lipinski definition) is 3. The van der Waals surface area contributed by atoms with E-state index in [1.54, 1.807) is 0 Å². The molecule has 18 heavy (non-hydrogen) atoms. The van der Waals surface area contributed by atoms with E-state index in [2.05, 4.69) is 28.5 Å². The van der Waals surface area contributed by atoms with Gasteiger partial charge in [0.2, 0.25) is 0 Å². The number of aromatic nitrogens is 2. The third-order valence-electron chi connectivity index (χ3n) is 3.01. The molecule has 2 rings (SSSR count). The van der Waals surface area contributed by atoms with Crippen LogP contribution in [0.2, 0.25) is 0 Å². The van der Waals surface area contributed by atoms with Crippen LogP contribution in [-0.2, 0) is 6.54 Å². The summed E-state index contributed by atoms with van der Waals surface area (Å²) in [4.78, 5) is 6.36. The van der Waals surface area contributed by atoms with Gasteiger partial charge in [-0.3, -0.25) is 0 Å². The number of likely N-dealkylation sites (N-methyl/N-ethyl adjacent to an activating group) is 1. The highest BCUT2D eigenvalue weighted by molar-refractivity contribution is 5.26. The maximum Gasteiger partial charge on any atom is 0.0949 e. The third kappa shape index (κ3) is 2.97. The van der Waals surface area contributed by atoms with Gasteiger partial charge in [-0.1, -0.05) is 30.3 Å². The van der Waals surface area contributed by atoms with Gasteiger partial charge in [0.05, 0.1) is 24.3 Å². The lowest BCUT2D eigenvalue weighted by Gasteiger charge is -2.16. The third-order valence-corrected chi connectivity index (χ3v) is 3.01. The largest absolute Gasteiger partial charge is 0.332 e. The first-order chi connectivity index (χ1) is 8.68. The quantitative estimate of drug-likeness (QED) is 0.867. The first-order valence-corrected chi connectivity index (χ1v) is 6.14. The molecule has 0 saturated carbocycles. The molecule has 0 aliphatic heterocycles. The molecule has 96 valence electrons. The van der Waals surface area contributed by atoms with Gasteiger partial charge in [0, 0.05) is 13.1 Å². The molecule has 1 aromatic carbocycles. The van der Waals surface area contributed by atoms with Crippen molar-refractivity contribution in [3.63, 3.8) is 0 Å². The summed E-state index contributed by atoms with van der Waals surface area (Å²) in [5, 5.41) is 0. The fraction of sp³-hybridized carbons (Fsp3) is 0.357. The number of benzene rings is 1. The molecule has 0 amide bonds. The van der Waals surface area contributed by atoms with Gasteiger partial charge in [0.1, 0.15) is 0 Å². The summed E-state index contributed by atoms with van der Waals surface area (Å²) in [6.07, 6.45) is 3.70. The molecule has 0 aliphatic rings. The van der Waals surface area contributed by atoms with Crippen molar-refractivity contribution >= 4 is 0 Å². The fourth-order valence-electron chi connectivity index (χ4n) is 1.92. The van der Waals surface area contributed by atoms with Crippen LogP contribution in [0.15, 0.2) is 42.9 Å². The van der Waals surface area contributed by atoms with Crippen molar-refractivity contribution in [2.45, 2.75) is 12.6 Å². The average molecular weight is 244 g/mol. The highest BCUT2D eigenvalue weighted by Gasteiger charge is 2.13. The number of hydrogen-bond donors (Lipinski definition) is 1. The second-order valence-corrected chi connectivity index (χ2v) is 4.70. The van der Waals surface area contributed by atoms with Crippen LogP contribution in [0.4, 0.5) is 0 Å².